The van der Waals surface area contributed by atoms with Gasteiger partial charge in [-0.2, -0.15) is 0 Å². The Bertz CT molecular complexity index is 1080. The molecular formula is C29H32O5. The van der Waals surface area contributed by atoms with E-state index in [-0.39, 0.29) is 11.3 Å². The van der Waals surface area contributed by atoms with E-state index >= 15 is 0 Å². The molecule has 34 heavy (non-hydrogen) atoms. The second-order valence-electron chi connectivity index (χ2n) is 10.8. The van der Waals surface area contributed by atoms with Crippen molar-refractivity contribution in [1.29, 1.82) is 0 Å². The first-order valence-corrected chi connectivity index (χ1v) is 12.5. The quantitative estimate of drug-likeness (QED) is 0.314. The van der Waals surface area contributed by atoms with Gasteiger partial charge in [0, 0.05) is 17.4 Å². The zero-order valence-corrected chi connectivity index (χ0v) is 19.7. The molecular weight excluding hydrogens is 428 g/mol. The second-order valence-corrected chi connectivity index (χ2v) is 10.8. The third kappa shape index (κ3) is 3.46. The summed E-state index contributed by atoms with van der Waals surface area (Å²) in [6, 6.07) is 8.26. The third-order valence-electron chi connectivity index (χ3n) is 9.46. The fourth-order valence-corrected chi connectivity index (χ4v) is 7.71. The van der Waals surface area contributed by atoms with Crippen LogP contribution < -0.4 is 0 Å². The Balaban J connectivity index is 1.36. The number of aliphatic hydroxyl groups is 1. The van der Waals surface area contributed by atoms with Crippen LogP contribution in [0.4, 0.5) is 0 Å². The molecule has 4 aliphatic carbocycles. The first-order valence-electron chi connectivity index (χ1n) is 12.5. The molecule has 0 amide bonds. The fraction of sp³-hybridized carbons (Fsp3) is 0.552. The van der Waals surface area contributed by atoms with Gasteiger partial charge in [-0.1, -0.05) is 48.7 Å². The molecule has 5 heteroatoms. The van der Waals surface area contributed by atoms with Gasteiger partial charge < -0.3 is 9.84 Å². The number of terminal acetylenes is 1. The van der Waals surface area contributed by atoms with E-state index in [1.54, 1.807) is 30.3 Å². The number of carbonyl (C=O) groups excluding carboxylic acids is 3. The topological polar surface area (TPSA) is 80.7 Å². The molecule has 0 saturated heterocycles. The molecule has 0 aliphatic heterocycles. The number of ether oxygens (including phenoxy) is 1. The molecule has 0 aromatic heterocycles. The summed E-state index contributed by atoms with van der Waals surface area (Å²) in [5.74, 6) is 3.26. The van der Waals surface area contributed by atoms with E-state index in [4.69, 9.17) is 11.2 Å². The van der Waals surface area contributed by atoms with Crippen LogP contribution in [0.15, 0.2) is 42.0 Å². The van der Waals surface area contributed by atoms with Gasteiger partial charge in [0.2, 0.25) is 11.9 Å². The van der Waals surface area contributed by atoms with Crippen LogP contribution in [0.5, 0.6) is 0 Å². The predicted molar refractivity (Wildman–Crippen MR) is 127 cm³/mol. The average molecular weight is 461 g/mol. The summed E-state index contributed by atoms with van der Waals surface area (Å²) in [4.78, 5) is 37.5. The second kappa shape index (κ2) is 8.50. The number of Topliss-reactive ketones (excluding diaryl/α,β-unsaturated/α-hetero) is 1. The highest BCUT2D eigenvalue weighted by atomic mass is 16.6. The molecule has 0 spiro atoms. The number of aliphatic hydroxyl groups excluding tert-OH is 1. The van der Waals surface area contributed by atoms with E-state index in [2.05, 4.69) is 12.8 Å². The molecule has 0 heterocycles. The van der Waals surface area contributed by atoms with Gasteiger partial charge in [-0.15, -0.1) is 6.42 Å². The maximum atomic E-state index is 13.0. The van der Waals surface area contributed by atoms with E-state index in [0.717, 1.165) is 38.5 Å². The van der Waals surface area contributed by atoms with Crippen LogP contribution in [0.1, 0.15) is 68.6 Å². The molecule has 4 aliphatic rings. The number of carbonyl (C=O) groups is 3. The van der Waals surface area contributed by atoms with Crippen molar-refractivity contribution in [1.82, 2.24) is 0 Å². The molecule has 0 bridgehead atoms. The molecule has 1 N–H and O–H groups in total. The van der Waals surface area contributed by atoms with Gasteiger partial charge in [-0.3, -0.25) is 9.59 Å². The highest BCUT2D eigenvalue weighted by molar-refractivity contribution is 6.11. The van der Waals surface area contributed by atoms with E-state index in [0.29, 0.717) is 36.5 Å². The predicted octanol–water partition coefficient (Wildman–Crippen LogP) is 4.29. The summed E-state index contributed by atoms with van der Waals surface area (Å²) in [5.41, 5.74) is 0.0573. The molecule has 5 nitrogen and oxygen atoms in total. The molecule has 7 atom stereocenters. The van der Waals surface area contributed by atoms with Crippen LogP contribution in [-0.4, -0.2) is 34.3 Å². The van der Waals surface area contributed by atoms with Crippen LogP contribution in [0.25, 0.3) is 0 Å². The molecule has 178 valence electrons. The number of hydrogen-bond acceptors (Lipinski definition) is 5. The van der Waals surface area contributed by atoms with Gasteiger partial charge in [-0.05, 0) is 74.7 Å². The largest absolute Gasteiger partial charge is 0.443 e. The third-order valence-corrected chi connectivity index (χ3v) is 9.46. The summed E-state index contributed by atoms with van der Waals surface area (Å²) in [6.07, 6.45) is 12.8. The molecule has 3 saturated carbocycles. The van der Waals surface area contributed by atoms with Crippen LogP contribution in [0.3, 0.4) is 0 Å². The Hall–Kier alpha value is -2.71. The van der Waals surface area contributed by atoms with E-state index in [1.165, 1.54) is 5.57 Å². The Labute approximate surface area is 201 Å². The van der Waals surface area contributed by atoms with Crippen molar-refractivity contribution >= 4 is 17.5 Å². The highest BCUT2D eigenvalue weighted by Crippen LogP contribution is 2.65. The lowest BCUT2D eigenvalue weighted by Crippen LogP contribution is -2.54. The minimum absolute atomic E-state index is 0.257. The van der Waals surface area contributed by atoms with E-state index in [9.17, 15) is 19.5 Å². The van der Waals surface area contributed by atoms with Crippen molar-refractivity contribution in [3.05, 3.63) is 47.5 Å². The molecule has 5 rings (SSSR count). The van der Waals surface area contributed by atoms with Crippen molar-refractivity contribution in [2.75, 3.05) is 0 Å². The van der Waals surface area contributed by atoms with Gasteiger partial charge in [-0.25, -0.2) is 4.79 Å². The number of allylic oxidation sites excluding steroid dienone is 1. The lowest BCUT2D eigenvalue weighted by atomic mass is 9.50. The van der Waals surface area contributed by atoms with Crippen LogP contribution in [0.2, 0.25) is 0 Å². The van der Waals surface area contributed by atoms with Crippen LogP contribution in [0, 0.1) is 41.4 Å². The van der Waals surface area contributed by atoms with Gasteiger partial charge in [0.15, 0.2) is 11.4 Å². The lowest BCUT2D eigenvalue weighted by Gasteiger charge is -2.55. The summed E-state index contributed by atoms with van der Waals surface area (Å²) in [6.45, 7) is 2.13. The summed E-state index contributed by atoms with van der Waals surface area (Å²) < 4.78 is 5.92. The number of hydrogen-bond donors (Lipinski definition) is 1. The Morgan fingerprint density at radius 3 is 2.59 bits per heavy atom. The smallest absolute Gasteiger partial charge is 0.344 e. The van der Waals surface area contributed by atoms with Crippen molar-refractivity contribution in [2.24, 2.45) is 29.1 Å². The van der Waals surface area contributed by atoms with Gasteiger partial charge in [0.25, 0.3) is 0 Å². The number of benzene rings is 1. The normalized spacial score (nSPS) is 37.3. The lowest BCUT2D eigenvalue weighted by molar-refractivity contribution is -0.177. The van der Waals surface area contributed by atoms with Crippen LogP contribution >= 0.6 is 0 Å². The SMILES string of the molecule is C#CC1(OC(=O)C(O)C(=O)c2ccccc2)CC[C@H]2[C@@H]3CCC4=CC(=O)CC[C@@H]4[C@H]3CC[C@@]21C. The molecule has 2 unspecified atom stereocenters. The Morgan fingerprint density at radius 2 is 1.85 bits per heavy atom. The zero-order chi connectivity index (χ0) is 24.1. The first kappa shape index (κ1) is 23.1. The first-order chi connectivity index (χ1) is 16.3. The van der Waals surface area contributed by atoms with Crippen molar-refractivity contribution in [3.8, 4) is 12.3 Å². The number of esters is 1. The maximum Gasteiger partial charge on any atom is 0.344 e. The molecule has 1 aromatic carbocycles. The monoisotopic (exact) mass is 460 g/mol. The van der Waals surface area contributed by atoms with Gasteiger partial charge in [0.1, 0.15) is 0 Å². The number of rotatable bonds is 4. The Morgan fingerprint density at radius 1 is 1.09 bits per heavy atom. The van der Waals surface area contributed by atoms with Crippen molar-refractivity contribution in [3.63, 3.8) is 0 Å². The summed E-state index contributed by atoms with van der Waals surface area (Å²) in [5, 5.41) is 10.5. The van der Waals surface area contributed by atoms with Crippen molar-refractivity contribution < 1.29 is 24.2 Å². The van der Waals surface area contributed by atoms with Gasteiger partial charge in [0.05, 0.1) is 0 Å². The molecule has 1 aromatic rings. The minimum atomic E-state index is -1.89. The van der Waals surface area contributed by atoms with Crippen LogP contribution in [-0.2, 0) is 14.3 Å². The minimum Gasteiger partial charge on any atom is -0.443 e. The van der Waals surface area contributed by atoms with Gasteiger partial charge >= 0.3 is 5.97 Å². The molecule has 3 fully saturated rings. The standard InChI is InChI=1S/C29H32O5/c1-3-29(34-27(33)26(32)25(31)18-7-5-4-6-8-18)16-14-24-23-11-9-19-17-20(30)10-12-21(19)22(23)13-15-28(24,29)2/h1,4-8,17,21-24,26,32H,9-16H2,2H3/t21-,22+,23+,24-,26?,28-,29?/m0/s1. The molecule has 0 radical (unpaired) electrons. The number of fused-ring (bicyclic) bond motifs is 5. The maximum absolute atomic E-state index is 13.0. The summed E-state index contributed by atoms with van der Waals surface area (Å²) in [7, 11) is 0. The van der Waals surface area contributed by atoms with E-state index < -0.39 is 28.9 Å². The average Bonchev–Trinajstić information content (AvgIpc) is 3.15. The van der Waals surface area contributed by atoms with Crippen molar-refractivity contribution in [2.45, 2.75) is 70.0 Å². The zero-order valence-electron chi connectivity index (χ0n) is 19.7. The highest BCUT2D eigenvalue weighted by Gasteiger charge is 2.64. The van der Waals surface area contributed by atoms with E-state index in [1.807, 2.05) is 6.08 Å². The number of ketones is 2. The summed E-state index contributed by atoms with van der Waals surface area (Å²) >= 11 is 0. The Kier molecular flexibility index (Phi) is 5.76. The fourth-order valence-electron chi connectivity index (χ4n) is 7.71.